The van der Waals surface area contributed by atoms with E-state index >= 15 is 0 Å². The maximum Gasteiger partial charge on any atom is 0.100 e. The Morgan fingerprint density at radius 1 is 1.36 bits per heavy atom. The SMILES string of the molecule is CC(C)C#CC(C)(C)N(C)O. The van der Waals surface area contributed by atoms with Gasteiger partial charge in [-0.2, -0.15) is 5.06 Å². The number of hydrogen-bond donors (Lipinski definition) is 1. The minimum atomic E-state index is -0.440. The molecule has 0 fully saturated rings. The van der Waals surface area contributed by atoms with Gasteiger partial charge in [-0.25, -0.2) is 0 Å². The molecule has 0 rings (SSSR count). The molecule has 0 radical (unpaired) electrons. The molecule has 0 bridgehead atoms. The fraction of sp³-hybridized carbons (Fsp3) is 0.778. The molecule has 2 heteroatoms. The predicted molar refractivity (Wildman–Crippen MR) is 46.2 cm³/mol. The average Bonchev–Trinajstić information content (AvgIpc) is 1.84. The van der Waals surface area contributed by atoms with Gasteiger partial charge in [0.25, 0.3) is 0 Å². The highest BCUT2D eigenvalue weighted by atomic mass is 16.5. The van der Waals surface area contributed by atoms with Crippen LogP contribution < -0.4 is 0 Å². The number of nitrogens with zero attached hydrogens (tertiary/aromatic N) is 1. The first kappa shape index (κ1) is 10.5. The lowest BCUT2D eigenvalue weighted by molar-refractivity contribution is -0.117. The van der Waals surface area contributed by atoms with Crippen LogP contribution in [0.15, 0.2) is 0 Å². The molecule has 0 atom stereocenters. The van der Waals surface area contributed by atoms with Gasteiger partial charge in [-0.05, 0) is 13.8 Å². The maximum atomic E-state index is 9.12. The number of rotatable bonds is 1. The van der Waals surface area contributed by atoms with Gasteiger partial charge in [-0.1, -0.05) is 25.7 Å². The number of hydrogen-bond acceptors (Lipinski definition) is 2. The van der Waals surface area contributed by atoms with Crippen LogP contribution in [0.4, 0.5) is 0 Å². The van der Waals surface area contributed by atoms with Gasteiger partial charge in [-0.15, -0.1) is 0 Å². The van der Waals surface area contributed by atoms with Crippen LogP contribution in [0.25, 0.3) is 0 Å². The topological polar surface area (TPSA) is 23.5 Å². The van der Waals surface area contributed by atoms with Crippen LogP contribution in [0.3, 0.4) is 0 Å². The lowest BCUT2D eigenvalue weighted by Gasteiger charge is -2.24. The summed E-state index contributed by atoms with van der Waals surface area (Å²) in [5, 5.41) is 10.3. The molecule has 0 amide bonds. The fourth-order valence-corrected chi connectivity index (χ4v) is 0.402. The molecule has 0 aromatic rings. The molecule has 2 nitrogen and oxygen atoms in total. The van der Waals surface area contributed by atoms with Crippen molar-refractivity contribution in [3.8, 4) is 11.8 Å². The van der Waals surface area contributed by atoms with Crippen LogP contribution in [-0.2, 0) is 0 Å². The summed E-state index contributed by atoms with van der Waals surface area (Å²) < 4.78 is 0. The van der Waals surface area contributed by atoms with Crippen LogP contribution >= 0.6 is 0 Å². The van der Waals surface area contributed by atoms with Crippen LogP contribution in [-0.4, -0.2) is 22.9 Å². The Hall–Kier alpha value is -0.520. The van der Waals surface area contributed by atoms with E-state index in [1.807, 2.05) is 27.7 Å². The molecule has 0 aliphatic heterocycles. The van der Waals surface area contributed by atoms with Gasteiger partial charge in [0.15, 0.2) is 0 Å². The monoisotopic (exact) mass is 155 g/mol. The van der Waals surface area contributed by atoms with Crippen molar-refractivity contribution in [2.24, 2.45) is 5.92 Å². The third kappa shape index (κ3) is 4.02. The van der Waals surface area contributed by atoms with Gasteiger partial charge in [-0.3, -0.25) is 0 Å². The molecule has 0 spiro atoms. The number of hydroxylamine groups is 2. The van der Waals surface area contributed by atoms with Crippen molar-refractivity contribution < 1.29 is 5.21 Å². The molecule has 0 heterocycles. The summed E-state index contributed by atoms with van der Waals surface area (Å²) in [7, 11) is 1.61. The van der Waals surface area contributed by atoms with Crippen LogP contribution in [0.2, 0.25) is 0 Å². The zero-order chi connectivity index (χ0) is 9.07. The van der Waals surface area contributed by atoms with Gasteiger partial charge in [0.05, 0.1) is 0 Å². The quantitative estimate of drug-likeness (QED) is 0.460. The molecule has 0 saturated carbocycles. The molecule has 0 aliphatic carbocycles. The Bertz CT molecular complexity index is 172. The first-order valence-corrected chi connectivity index (χ1v) is 3.81. The predicted octanol–water partition coefficient (Wildman–Crippen LogP) is 1.75. The molecular formula is C9H17NO. The molecule has 0 aromatic heterocycles. The minimum absolute atomic E-state index is 0.356. The van der Waals surface area contributed by atoms with Crippen LogP contribution in [0.1, 0.15) is 27.7 Å². The largest absolute Gasteiger partial charge is 0.313 e. The highest BCUT2D eigenvalue weighted by molar-refractivity contribution is 5.14. The summed E-state index contributed by atoms with van der Waals surface area (Å²) in [4.78, 5) is 0. The Labute approximate surface area is 69.2 Å². The highest BCUT2D eigenvalue weighted by Gasteiger charge is 2.18. The molecule has 0 saturated heterocycles. The van der Waals surface area contributed by atoms with Crippen LogP contribution in [0, 0.1) is 17.8 Å². The third-order valence-electron chi connectivity index (χ3n) is 1.48. The van der Waals surface area contributed by atoms with E-state index < -0.39 is 5.54 Å². The van der Waals surface area contributed by atoms with Gasteiger partial charge >= 0.3 is 0 Å². The van der Waals surface area contributed by atoms with Crippen molar-refractivity contribution in [2.45, 2.75) is 33.2 Å². The normalized spacial score (nSPS) is 11.6. The zero-order valence-electron chi connectivity index (χ0n) is 7.97. The minimum Gasteiger partial charge on any atom is -0.313 e. The molecule has 0 unspecified atom stereocenters. The molecule has 0 aromatic carbocycles. The van der Waals surface area contributed by atoms with E-state index in [0.29, 0.717) is 5.92 Å². The van der Waals surface area contributed by atoms with Crippen molar-refractivity contribution in [2.75, 3.05) is 7.05 Å². The van der Waals surface area contributed by atoms with Gasteiger partial charge < -0.3 is 5.21 Å². The van der Waals surface area contributed by atoms with E-state index in [2.05, 4.69) is 11.8 Å². The van der Waals surface area contributed by atoms with Crippen molar-refractivity contribution >= 4 is 0 Å². The standard InChI is InChI=1S/C9H17NO/c1-8(2)6-7-9(3,4)10(5)11/h8,11H,1-5H3. The lowest BCUT2D eigenvalue weighted by atomic mass is 10.1. The van der Waals surface area contributed by atoms with E-state index in [9.17, 15) is 0 Å². The summed E-state index contributed by atoms with van der Waals surface area (Å²) in [6, 6.07) is 0. The van der Waals surface area contributed by atoms with E-state index in [0.717, 1.165) is 5.06 Å². The first-order chi connectivity index (χ1) is 4.86. The fourth-order valence-electron chi connectivity index (χ4n) is 0.402. The van der Waals surface area contributed by atoms with Gasteiger partial charge in [0.2, 0.25) is 0 Å². The average molecular weight is 155 g/mol. The Morgan fingerprint density at radius 2 is 1.82 bits per heavy atom. The van der Waals surface area contributed by atoms with Crippen molar-refractivity contribution in [3.05, 3.63) is 0 Å². The van der Waals surface area contributed by atoms with Crippen molar-refractivity contribution in [3.63, 3.8) is 0 Å². The third-order valence-corrected chi connectivity index (χ3v) is 1.48. The van der Waals surface area contributed by atoms with Gasteiger partial charge in [0.1, 0.15) is 5.54 Å². The van der Waals surface area contributed by atoms with Crippen LogP contribution in [0.5, 0.6) is 0 Å². The molecular weight excluding hydrogens is 138 g/mol. The summed E-state index contributed by atoms with van der Waals surface area (Å²) >= 11 is 0. The second-order valence-electron chi connectivity index (χ2n) is 3.51. The summed E-state index contributed by atoms with van der Waals surface area (Å²) in [6.45, 7) is 7.81. The molecule has 0 aliphatic rings. The van der Waals surface area contributed by atoms with E-state index in [1.54, 1.807) is 7.05 Å². The zero-order valence-corrected chi connectivity index (χ0v) is 7.97. The van der Waals surface area contributed by atoms with Gasteiger partial charge in [0, 0.05) is 13.0 Å². The molecule has 11 heavy (non-hydrogen) atoms. The molecule has 1 N–H and O–H groups in total. The lowest BCUT2D eigenvalue weighted by Crippen LogP contribution is -2.37. The summed E-state index contributed by atoms with van der Waals surface area (Å²) in [5.41, 5.74) is -0.440. The Kier molecular flexibility index (Phi) is 3.57. The van der Waals surface area contributed by atoms with E-state index in [-0.39, 0.29) is 0 Å². The highest BCUT2D eigenvalue weighted by Crippen LogP contribution is 2.07. The van der Waals surface area contributed by atoms with Crippen molar-refractivity contribution in [1.82, 2.24) is 5.06 Å². The summed E-state index contributed by atoms with van der Waals surface area (Å²) in [5.74, 6) is 6.35. The first-order valence-electron chi connectivity index (χ1n) is 3.81. The Morgan fingerprint density at radius 3 is 2.09 bits per heavy atom. The molecule has 64 valence electrons. The van der Waals surface area contributed by atoms with E-state index in [1.165, 1.54) is 0 Å². The summed E-state index contributed by atoms with van der Waals surface area (Å²) in [6.07, 6.45) is 0. The van der Waals surface area contributed by atoms with Crippen molar-refractivity contribution in [1.29, 1.82) is 0 Å². The second-order valence-corrected chi connectivity index (χ2v) is 3.51. The second kappa shape index (κ2) is 3.75. The smallest absolute Gasteiger partial charge is 0.100 e. The van der Waals surface area contributed by atoms with E-state index in [4.69, 9.17) is 5.21 Å². The Balaban J connectivity index is 4.26. The maximum absolute atomic E-state index is 9.12.